The van der Waals surface area contributed by atoms with Gasteiger partial charge in [-0.1, -0.05) is 12.1 Å². The molecule has 0 saturated carbocycles. The van der Waals surface area contributed by atoms with E-state index >= 15 is 0 Å². The van der Waals surface area contributed by atoms with E-state index in [0.717, 1.165) is 0 Å². The van der Waals surface area contributed by atoms with E-state index in [0.29, 0.717) is 0 Å². The van der Waals surface area contributed by atoms with Crippen molar-refractivity contribution in [3.63, 3.8) is 0 Å². The fourth-order valence-electron chi connectivity index (χ4n) is 0.386. The van der Waals surface area contributed by atoms with Crippen molar-refractivity contribution in [3.8, 4) is 0 Å². The van der Waals surface area contributed by atoms with Crippen LogP contribution in [0, 0.1) is 0 Å². The zero-order valence-electron chi connectivity index (χ0n) is 6.88. The average Bonchev–Trinajstić information content (AvgIpc) is 2.57. The molecule has 0 fully saturated rings. The maximum absolute atomic E-state index is 9.69. The Labute approximate surface area is 79.7 Å². The van der Waals surface area contributed by atoms with Crippen LogP contribution < -0.4 is 11.5 Å². The summed E-state index contributed by atoms with van der Waals surface area (Å²) >= 11 is 1.71. The number of guanidine groups is 1. The van der Waals surface area contributed by atoms with E-state index in [1.807, 2.05) is 22.9 Å². The third kappa shape index (κ3) is 10.4. The highest BCUT2D eigenvalue weighted by Gasteiger charge is 1.90. The Balaban J connectivity index is 0.000000243. The molecule has 0 amide bonds. The van der Waals surface area contributed by atoms with Crippen LogP contribution in [0.3, 0.4) is 0 Å². The van der Waals surface area contributed by atoms with Gasteiger partial charge in [-0.25, -0.2) is 4.99 Å². The first-order valence-corrected chi connectivity index (χ1v) is 4.31. The van der Waals surface area contributed by atoms with Gasteiger partial charge in [-0.05, 0) is 10.8 Å². The van der Waals surface area contributed by atoms with Crippen LogP contribution in [0.1, 0.15) is 0 Å². The highest BCUT2D eigenvalue weighted by atomic mass is 32.1. The number of thiophene rings is 1. The molecule has 5 nitrogen and oxygen atoms in total. The normalized spacial score (nSPS) is 8.00. The van der Waals surface area contributed by atoms with Gasteiger partial charge in [0.2, 0.25) is 0 Å². The van der Waals surface area contributed by atoms with Crippen molar-refractivity contribution >= 4 is 23.3 Å². The van der Waals surface area contributed by atoms with Crippen LogP contribution in [0.15, 0.2) is 27.9 Å². The lowest BCUT2D eigenvalue weighted by atomic mass is 10.7. The second-order valence-electron chi connectivity index (χ2n) is 1.93. The summed E-state index contributed by atoms with van der Waals surface area (Å²) in [5.41, 5.74) is 9.61. The minimum atomic E-state index is -1.04. The first-order chi connectivity index (χ1) is 6.13. The zero-order valence-corrected chi connectivity index (χ0v) is 7.70. The summed E-state index contributed by atoms with van der Waals surface area (Å²) in [7, 11) is 0. The highest BCUT2D eigenvalue weighted by Crippen LogP contribution is 1.91. The molecule has 1 rings (SSSR count). The predicted octanol–water partition coefficient (Wildman–Crippen LogP) is 0.0925. The molecule has 1 heterocycles. The number of hydrogen-bond acceptors (Lipinski definition) is 3. The van der Waals surface area contributed by atoms with Crippen molar-refractivity contribution in [2.75, 3.05) is 6.54 Å². The minimum absolute atomic E-state index is 0.201. The first-order valence-electron chi connectivity index (χ1n) is 3.37. The summed E-state index contributed by atoms with van der Waals surface area (Å²) in [6.45, 7) is -0.359. The van der Waals surface area contributed by atoms with Gasteiger partial charge >= 0.3 is 5.97 Å². The molecular formula is C7H11N3O2S. The van der Waals surface area contributed by atoms with Crippen LogP contribution in [-0.4, -0.2) is 23.6 Å². The van der Waals surface area contributed by atoms with Gasteiger partial charge in [0.05, 0.1) is 0 Å². The van der Waals surface area contributed by atoms with Crippen molar-refractivity contribution in [1.29, 1.82) is 0 Å². The Hall–Kier alpha value is -1.56. The molecule has 0 bridgehead atoms. The summed E-state index contributed by atoms with van der Waals surface area (Å²) in [5.74, 6) is -1.24. The Bertz CT molecular complexity index is 237. The Morgan fingerprint density at radius 1 is 1.38 bits per heavy atom. The van der Waals surface area contributed by atoms with E-state index in [1.165, 1.54) is 0 Å². The molecule has 0 atom stereocenters. The SMILES string of the molecule is NC(N)=NCC(=O)O.c1ccsc1. The van der Waals surface area contributed by atoms with Gasteiger partial charge in [-0.15, -0.1) is 0 Å². The number of aliphatic imine (C=N–C) groups is 1. The number of aliphatic carboxylic acids is 1. The summed E-state index contributed by atoms with van der Waals surface area (Å²) < 4.78 is 0. The summed E-state index contributed by atoms with van der Waals surface area (Å²) in [6, 6.07) is 4.04. The van der Waals surface area contributed by atoms with Crippen molar-refractivity contribution in [2.45, 2.75) is 0 Å². The van der Waals surface area contributed by atoms with Crippen molar-refractivity contribution in [1.82, 2.24) is 0 Å². The summed E-state index contributed by atoms with van der Waals surface area (Å²) in [4.78, 5) is 12.9. The van der Waals surface area contributed by atoms with Crippen LogP contribution in [0.5, 0.6) is 0 Å². The van der Waals surface area contributed by atoms with Crippen LogP contribution >= 0.6 is 11.3 Å². The number of carboxylic acids is 1. The molecular weight excluding hydrogens is 190 g/mol. The third-order valence-electron chi connectivity index (χ3n) is 0.822. The maximum Gasteiger partial charge on any atom is 0.325 e. The number of rotatable bonds is 2. The minimum Gasteiger partial charge on any atom is -0.480 e. The lowest BCUT2D eigenvalue weighted by Crippen LogP contribution is -2.24. The van der Waals surface area contributed by atoms with E-state index in [9.17, 15) is 4.79 Å². The van der Waals surface area contributed by atoms with Gasteiger partial charge in [-0.2, -0.15) is 11.3 Å². The van der Waals surface area contributed by atoms with Crippen molar-refractivity contribution in [3.05, 3.63) is 22.9 Å². The number of carboxylic acid groups (broad SMARTS) is 1. The van der Waals surface area contributed by atoms with E-state index in [2.05, 4.69) is 4.99 Å². The van der Waals surface area contributed by atoms with Gasteiger partial charge in [-0.3, -0.25) is 4.79 Å². The number of hydrogen-bond donors (Lipinski definition) is 3. The van der Waals surface area contributed by atoms with Crippen molar-refractivity contribution < 1.29 is 9.90 Å². The number of carbonyl (C=O) groups is 1. The molecule has 6 heteroatoms. The van der Waals surface area contributed by atoms with Gasteiger partial charge in [0, 0.05) is 0 Å². The van der Waals surface area contributed by atoms with Crippen LogP contribution in [-0.2, 0) is 4.79 Å². The van der Waals surface area contributed by atoms with Crippen molar-refractivity contribution in [2.24, 2.45) is 16.5 Å². The molecule has 1 aromatic heterocycles. The highest BCUT2D eigenvalue weighted by molar-refractivity contribution is 7.07. The van der Waals surface area contributed by atoms with E-state index in [4.69, 9.17) is 16.6 Å². The maximum atomic E-state index is 9.69. The molecule has 1 aromatic rings. The summed E-state index contributed by atoms with van der Waals surface area (Å²) in [6.07, 6.45) is 0. The molecule has 0 aliphatic rings. The fraction of sp³-hybridized carbons (Fsp3) is 0.143. The molecule has 0 saturated heterocycles. The third-order valence-corrected chi connectivity index (χ3v) is 1.45. The molecule has 72 valence electrons. The first kappa shape index (κ1) is 11.4. The summed E-state index contributed by atoms with van der Waals surface area (Å²) in [5, 5.41) is 12.0. The van der Waals surface area contributed by atoms with Crippen LogP contribution in [0.2, 0.25) is 0 Å². The smallest absolute Gasteiger partial charge is 0.325 e. The molecule has 0 aliphatic carbocycles. The van der Waals surface area contributed by atoms with Gasteiger partial charge in [0.1, 0.15) is 6.54 Å². The largest absolute Gasteiger partial charge is 0.480 e. The van der Waals surface area contributed by atoms with E-state index < -0.39 is 5.97 Å². The van der Waals surface area contributed by atoms with Gasteiger partial charge < -0.3 is 16.6 Å². The van der Waals surface area contributed by atoms with E-state index in [-0.39, 0.29) is 12.5 Å². The molecule has 0 aliphatic heterocycles. The second kappa shape index (κ2) is 7.11. The zero-order chi connectivity index (χ0) is 10.1. The standard InChI is InChI=1S/C4H4S.C3H7N3O2/c1-2-4-5-3-1;4-3(5)6-1-2(7)8/h1-4H;1H2,(H,7,8)(H4,4,5,6). The second-order valence-corrected chi connectivity index (χ2v) is 2.74. The Kier molecular flexibility index (Phi) is 6.26. The lowest BCUT2D eigenvalue weighted by molar-refractivity contribution is -0.135. The van der Waals surface area contributed by atoms with Gasteiger partial charge in [0.25, 0.3) is 0 Å². The molecule has 0 spiro atoms. The number of nitrogens with zero attached hydrogens (tertiary/aromatic N) is 1. The van der Waals surface area contributed by atoms with Gasteiger partial charge in [0.15, 0.2) is 5.96 Å². The Morgan fingerprint density at radius 3 is 2.08 bits per heavy atom. The predicted molar refractivity (Wildman–Crippen MR) is 52.6 cm³/mol. The monoisotopic (exact) mass is 201 g/mol. The molecule has 0 unspecified atom stereocenters. The topological polar surface area (TPSA) is 102 Å². The molecule has 13 heavy (non-hydrogen) atoms. The fourth-order valence-corrected chi connectivity index (χ4v) is 0.839. The quantitative estimate of drug-likeness (QED) is 0.466. The molecule has 0 radical (unpaired) electrons. The van der Waals surface area contributed by atoms with Crippen LogP contribution in [0.4, 0.5) is 0 Å². The number of nitrogens with two attached hydrogens (primary N) is 2. The van der Waals surface area contributed by atoms with E-state index in [1.54, 1.807) is 11.3 Å². The Morgan fingerprint density at radius 2 is 1.92 bits per heavy atom. The van der Waals surface area contributed by atoms with Crippen LogP contribution in [0.25, 0.3) is 0 Å². The lowest BCUT2D eigenvalue weighted by Gasteiger charge is -1.85. The average molecular weight is 201 g/mol. The molecule has 0 aromatic carbocycles. The molecule has 5 N–H and O–H groups in total.